The zero-order chi connectivity index (χ0) is 14.6. The Morgan fingerprint density at radius 2 is 2.25 bits per heavy atom. The molecule has 1 atom stereocenters. The summed E-state index contributed by atoms with van der Waals surface area (Å²) in [7, 11) is -2.07. The van der Waals surface area contributed by atoms with Crippen LogP contribution in [0, 0.1) is 0 Å². The molecule has 2 rings (SSSR count). The third-order valence-electron chi connectivity index (χ3n) is 3.41. The van der Waals surface area contributed by atoms with Crippen LogP contribution in [0.2, 0.25) is 0 Å². The van der Waals surface area contributed by atoms with E-state index in [0.717, 1.165) is 38.1 Å². The molecule has 0 aromatic heterocycles. The summed E-state index contributed by atoms with van der Waals surface area (Å²) in [6, 6.07) is 4.69. The monoisotopic (exact) mass is 299 g/mol. The number of sulfonamides is 1. The van der Waals surface area contributed by atoms with Gasteiger partial charge in [-0.3, -0.25) is 0 Å². The standard InChI is InChI=1S/C13H21N3O3S/c1-15-20(17,18)11-4-5-13(12(14)9-11)16-7-6-10-3-2-8-19-10/h4-5,9-10,15-16H,2-3,6-8,14H2,1H3. The summed E-state index contributed by atoms with van der Waals surface area (Å²) in [4.78, 5) is 0.169. The lowest BCUT2D eigenvalue weighted by molar-refractivity contribution is 0.107. The van der Waals surface area contributed by atoms with Gasteiger partial charge in [-0.05, 0) is 44.5 Å². The van der Waals surface area contributed by atoms with Gasteiger partial charge in [-0.1, -0.05) is 0 Å². The Morgan fingerprint density at radius 1 is 1.45 bits per heavy atom. The lowest BCUT2D eigenvalue weighted by Crippen LogP contribution is -2.19. The van der Waals surface area contributed by atoms with Gasteiger partial charge in [0.25, 0.3) is 0 Å². The molecule has 112 valence electrons. The van der Waals surface area contributed by atoms with Crippen LogP contribution in [-0.2, 0) is 14.8 Å². The summed E-state index contributed by atoms with van der Waals surface area (Å²) in [5.74, 6) is 0. The van der Waals surface area contributed by atoms with Crippen molar-refractivity contribution in [2.24, 2.45) is 0 Å². The summed E-state index contributed by atoms with van der Waals surface area (Å²) in [5.41, 5.74) is 7.05. The van der Waals surface area contributed by atoms with Crippen molar-refractivity contribution in [3.8, 4) is 0 Å². The van der Waals surface area contributed by atoms with Gasteiger partial charge in [0.2, 0.25) is 10.0 Å². The van der Waals surface area contributed by atoms with Crippen LogP contribution < -0.4 is 15.8 Å². The largest absolute Gasteiger partial charge is 0.397 e. The van der Waals surface area contributed by atoms with Gasteiger partial charge in [0, 0.05) is 13.2 Å². The van der Waals surface area contributed by atoms with E-state index >= 15 is 0 Å². The zero-order valence-electron chi connectivity index (χ0n) is 11.6. The van der Waals surface area contributed by atoms with E-state index < -0.39 is 10.0 Å². The first kappa shape index (κ1) is 15.1. The van der Waals surface area contributed by atoms with Gasteiger partial charge in [-0.15, -0.1) is 0 Å². The predicted molar refractivity (Wildman–Crippen MR) is 79.2 cm³/mol. The van der Waals surface area contributed by atoms with Crippen molar-refractivity contribution < 1.29 is 13.2 Å². The maximum atomic E-state index is 11.6. The van der Waals surface area contributed by atoms with Crippen LogP contribution in [0.15, 0.2) is 23.1 Å². The number of ether oxygens (including phenoxy) is 1. The molecule has 4 N–H and O–H groups in total. The Morgan fingerprint density at radius 3 is 2.85 bits per heavy atom. The van der Waals surface area contributed by atoms with Crippen molar-refractivity contribution in [2.45, 2.75) is 30.3 Å². The van der Waals surface area contributed by atoms with Crippen molar-refractivity contribution in [1.82, 2.24) is 4.72 Å². The second-order valence-electron chi connectivity index (χ2n) is 4.81. The van der Waals surface area contributed by atoms with Gasteiger partial charge in [-0.2, -0.15) is 0 Å². The van der Waals surface area contributed by atoms with E-state index in [1.807, 2.05) is 0 Å². The highest BCUT2D eigenvalue weighted by atomic mass is 32.2. The number of nitrogens with one attached hydrogen (secondary N) is 2. The minimum Gasteiger partial charge on any atom is -0.397 e. The van der Waals surface area contributed by atoms with E-state index in [1.165, 1.54) is 19.2 Å². The molecule has 1 heterocycles. The number of rotatable bonds is 6. The third kappa shape index (κ3) is 3.62. The second-order valence-corrected chi connectivity index (χ2v) is 6.69. The highest BCUT2D eigenvalue weighted by molar-refractivity contribution is 7.89. The van der Waals surface area contributed by atoms with Crippen molar-refractivity contribution >= 4 is 21.4 Å². The van der Waals surface area contributed by atoms with Crippen LogP contribution in [0.4, 0.5) is 11.4 Å². The van der Waals surface area contributed by atoms with E-state index in [4.69, 9.17) is 10.5 Å². The van der Waals surface area contributed by atoms with Crippen molar-refractivity contribution in [2.75, 3.05) is 31.2 Å². The summed E-state index contributed by atoms with van der Waals surface area (Å²) >= 11 is 0. The fraction of sp³-hybridized carbons (Fsp3) is 0.538. The molecule has 1 fully saturated rings. The van der Waals surface area contributed by atoms with E-state index in [2.05, 4.69) is 10.0 Å². The van der Waals surface area contributed by atoms with Gasteiger partial charge in [0.1, 0.15) is 0 Å². The molecule has 0 aliphatic carbocycles. The molecule has 0 spiro atoms. The lowest BCUT2D eigenvalue weighted by Gasteiger charge is -2.13. The average Bonchev–Trinajstić information content (AvgIpc) is 2.93. The molecule has 0 saturated carbocycles. The smallest absolute Gasteiger partial charge is 0.240 e. The van der Waals surface area contributed by atoms with Crippen molar-refractivity contribution in [1.29, 1.82) is 0 Å². The first-order chi connectivity index (χ1) is 9.53. The van der Waals surface area contributed by atoms with Gasteiger partial charge in [-0.25, -0.2) is 13.1 Å². The maximum Gasteiger partial charge on any atom is 0.240 e. The summed E-state index contributed by atoms with van der Waals surface area (Å²) < 4.78 is 31.1. The van der Waals surface area contributed by atoms with Gasteiger partial charge in [0.15, 0.2) is 0 Å². The minimum atomic E-state index is -3.45. The van der Waals surface area contributed by atoms with Crippen LogP contribution >= 0.6 is 0 Å². The second kappa shape index (κ2) is 6.43. The maximum absolute atomic E-state index is 11.6. The first-order valence-corrected chi connectivity index (χ1v) is 8.20. The molecule has 6 nitrogen and oxygen atoms in total. The molecule has 1 aromatic rings. The molecule has 1 saturated heterocycles. The summed E-state index contributed by atoms with van der Waals surface area (Å²) in [5, 5.41) is 3.22. The number of anilines is 2. The molecular weight excluding hydrogens is 278 g/mol. The Balaban J connectivity index is 1.95. The van der Waals surface area contributed by atoms with Gasteiger partial charge in [0.05, 0.1) is 22.4 Å². The number of hydrogen-bond donors (Lipinski definition) is 3. The van der Waals surface area contributed by atoms with Crippen LogP contribution in [0.3, 0.4) is 0 Å². The Labute approximate surface area is 119 Å². The number of nitrogens with two attached hydrogens (primary N) is 1. The number of benzene rings is 1. The number of hydrogen-bond acceptors (Lipinski definition) is 5. The van der Waals surface area contributed by atoms with E-state index in [-0.39, 0.29) is 4.90 Å². The van der Waals surface area contributed by atoms with E-state index in [1.54, 1.807) is 6.07 Å². The van der Waals surface area contributed by atoms with Crippen LogP contribution in [0.1, 0.15) is 19.3 Å². The molecule has 0 bridgehead atoms. The first-order valence-electron chi connectivity index (χ1n) is 6.71. The Bertz CT molecular complexity index is 554. The molecule has 1 aliphatic heterocycles. The lowest BCUT2D eigenvalue weighted by atomic mass is 10.2. The zero-order valence-corrected chi connectivity index (χ0v) is 12.4. The fourth-order valence-electron chi connectivity index (χ4n) is 2.23. The highest BCUT2D eigenvalue weighted by Gasteiger charge is 2.15. The van der Waals surface area contributed by atoms with Crippen molar-refractivity contribution in [3.05, 3.63) is 18.2 Å². The fourth-order valence-corrected chi connectivity index (χ4v) is 2.99. The highest BCUT2D eigenvalue weighted by Crippen LogP contribution is 2.23. The molecule has 1 aliphatic rings. The van der Waals surface area contributed by atoms with E-state index in [0.29, 0.717) is 11.8 Å². The molecule has 7 heteroatoms. The molecular formula is C13H21N3O3S. The normalized spacial score (nSPS) is 19.1. The summed E-state index contributed by atoms with van der Waals surface area (Å²) in [6.45, 7) is 1.61. The number of nitrogen functional groups attached to an aromatic ring is 1. The molecule has 1 aromatic carbocycles. The molecule has 20 heavy (non-hydrogen) atoms. The molecule has 0 amide bonds. The van der Waals surface area contributed by atoms with Crippen LogP contribution in [0.5, 0.6) is 0 Å². The average molecular weight is 299 g/mol. The molecule has 0 radical (unpaired) electrons. The van der Waals surface area contributed by atoms with Gasteiger partial charge < -0.3 is 15.8 Å². The van der Waals surface area contributed by atoms with Crippen LogP contribution in [0.25, 0.3) is 0 Å². The SMILES string of the molecule is CNS(=O)(=O)c1ccc(NCCC2CCCO2)c(N)c1. The van der Waals surface area contributed by atoms with Crippen molar-refractivity contribution in [3.63, 3.8) is 0 Å². The summed E-state index contributed by atoms with van der Waals surface area (Å²) in [6.07, 6.45) is 3.49. The third-order valence-corrected chi connectivity index (χ3v) is 4.82. The Hall–Kier alpha value is -1.31. The van der Waals surface area contributed by atoms with Gasteiger partial charge >= 0.3 is 0 Å². The Kier molecular flexibility index (Phi) is 4.85. The van der Waals surface area contributed by atoms with E-state index in [9.17, 15) is 8.42 Å². The predicted octanol–water partition coefficient (Wildman–Crippen LogP) is 1.16. The minimum absolute atomic E-state index is 0.169. The topological polar surface area (TPSA) is 93.5 Å². The molecule has 1 unspecified atom stereocenters. The quantitative estimate of drug-likeness (QED) is 0.685. The van der Waals surface area contributed by atoms with Crippen LogP contribution in [-0.4, -0.2) is 34.7 Å².